The molecule has 2 aromatic heterocycles. The summed E-state index contributed by atoms with van der Waals surface area (Å²) in [7, 11) is 0. The van der Waals surface area contributed by atoms with Crippen molar-refractivity contribution in [3.63, 3.8) is 0 Å². The second-order valence-electron chi connectivity index (χ2n) is 3.14. The van der Waals surface area contributed by atoms with Gasteiger partial charge in [0.05, 0.1) is 18.4 Å². The van der Waals surface area contributed by atoms with E-state index in [2.05, 4.69) is 10.1 Å². The number of hydrogen-bond acceptors (Lipinski definition) is 6. The Kier molecular flexibility index (Phi) is 2.53. The second kappa shape index (κ2) is 3.84. The monoisotopic (exact) mass is 209 g/mol. The maximum atomic E-state index is 8.81. The molecule has 15 heavy (non-hydrogen) atoms. The van der Waals surface area contributed by atoms with E-state index in [1.807, 2.05) is 0 Å². The Morgan fingerprint density at radius 2 is 2.40 bits per heavy atom. The summed E-state index contributed by atoms with van der Waals surface area (Å²) in [6.07, 6.45) is 1.55. The van der Waals surface area contributed by atoms with Crippen molar-refractivity contribution in [1.82, 2.24) is 10.1 Å². The first-order valence-corrected chi connectivity index (χ1v) is 4.47. The van der Waals surface area contributed by atoms with Gasteiger partial charge in [-0.1, -0.05) is 5.16 Å². The van der Waals surface area contributed by atoms with Crippen LogP contribution in [0.3, 0.4) is 0 Å². The zero-order chi connectivity index (χ0) is 10.8. The van der Waals surface area contributed by atoms with Gasteiger partial charge in [0.1, 0.15) is 11.8 Å². The third kappa shape index (κ3) is 1.77. The van der Waals surface area contributed by atoms with Crippen LogP contribution in [0.2, 0.25) is 0 Å². The van der Waals surface area contributed by atoms with Crippen molar-refractivity contribution in [2.45, 2.75) is 13.0 Å². The molecule has 6 heteroatoms. The molecule has 0 fully saturated rings. The topological polar surface area (TPSA) is 98.3 Å². The van der Waals surface area contributed by atoms with Crippen LogP contribution in [0, 0.1) is 6.92 Å². The summed E-state index contributed by atoms with van der Waals surface area (Å²) < 4.78 is 10.0. The zero-order valence-electron chi connectivity index (χ0n) is 8.17. The van der Waals surface area contributed by atoms with E-state index in [1.165, 1.54) is 0 Å². The molecule has 3 N–H and O–H groups in total. The standard InChI is InChI=1S/C9H11N3O3/c1-5-6(2-3-14-5)8-11-9(15-12-8)7(10)4-13/h2-3,7,13H,4,10H2,1H3/t7-/m1/s1. The van der Waals surface area contributed by atoms with Crippen LogP contribution < -0.4 is 5.73 Å². The molecule has 0 spiro atoms. The lowest BCUT2D eigenvalue weighted by Gasteiger charge is -1.98. The Hall–Kier alpha value is -1.66. The van der Waals surface area contributed by atoms with E-state index in [0.29, 0.717) is 11.6 Å². The molecule has 2 heterocycles. The number of rotatable bonds is 3. The lowest BCUT2D eigenvalue weighted by atomic mass is 10.2. The first kappa shape index (κ1) is 9.88. The summed E-state index contributed by atoms with van der Waals surface area (Å²) in [6.45, 7) is 1.57. The first-order chi connectivity index (χ1) is 7.22. The lowest BCUT2D eigenvalue weighted by Crippen LogP contribution is -2.14. The van der Waals surface area contributed by atoms with Crippen molar-refractivity contribution in [2.24, 2.45) is 5.73 Å². The minimum absolute atomic E-state index is 0.216. The molecule has 6 nitrogen and oxygen atoms in total. The molecular formula is C9H11N3O3. The van der Waals surface area contributed by atoms with Gasteiger partial charge in [0.2, 0.25) is 11.7 Å². The maximum Gasteiger partial charge on any atom is 0.246 e. The molecule has 2 aromatic rings. The Balaban J connectivity index is 2.32. The smallest absolute Gasteiger partial charge is 0.246 e. The van der Waals surface area contributed by atoms with Crippen LogP contribution in [0.25, 0.3) is 11.4 Å². The normalized spacial score (nSPS) is 13.0. The molecule has 2 rings (SSSR count). The van der Waals surface area contributed by atoms with Crippen molar-refractivity contribution in [3.8, 4) is 11.4 Å². The predicted octanol–water partition coefficient (Wildman–Crippen LogP) is 0.630. The van der Waals surface area contributed by atoms with E-state index in [4.69, 9.17) is 19.8 Å². The van der Waals surface area contributed by atoms with Crippen LogP contribution in [0.1, 0.15) is 17.7 Å². The van der Waals surface area contributed by atoms with Gasteiger partial charge in [-0.25, -0.2) is 0 Å². The third-order valence-electron chi connectivity index (χ3n) is 2.06. The van der Waals surface area contributed by atoms with Crippen LogP contribution in [-0.2, 0) is 0 Å². The number of aromatic nitrogens is 2. The molecule has 0 aliphatic heterocycles. The quantitative estimate of drug-likeness (QED) is 0.769. The van der Waals surface area contributed by atoms with Crippen LogP contribution in [-0.4, -0.2) is 21.9 Å². The van der Waals surface area contributed by atoms with Crippen LogP contribution in [0.4, 0.5) is 0 Å². The number of nitrogens with two attached hydrogens (primary N) is 1. The van der Waals surface area contributed by atoms with Crippen molar-refractivity contribution < 1.29 is 14.0 Å². The zero-order valence-corrected chi connectivity index (χ0v) is 8.17. The van der Waals surface area contributed by atoms with Gasteiger partial charge in [-0.3, -0.25) is 0 Å². The molecule has 0 saturated carbocycles. The fourth-order valence-corrected chi connectivity index (χ4v) is 1.19. The van der Waals surface area contributed by atoms with Gasteiger partial charge >= 0.3 is 0 Å². The van der Waals surface area contributed by atoms with Gasteiger partial charge in [0.15, 0.2) is 0 Å². The number of nitrogens with zero attached hydrogens (tertiary/aromatic N) is 2. The van der Waals surface area contributed by atoms with Gasteiger partial charge in [0.25, 0.3) is 0 Å². The molecule has 0 bridgehead atoms. The Morgan fingerprint density at radius 3 is 3.00 bits per heavy atom. The molecular weight excluding hydrogens is 198 g/mol. The molecule has 0 aliphatic rings. The number of furan rings is 1. The van der Waals surface area contributed by atoms with Gasteiger partial charge < -0.3 is 19.8 Å². The average molecular weight is 209 g/mol. The van der Waals surface area contributed by atoms with Gasteiger partial charge in [-0.15, -0.1) is 0 Å². The van der Waals surface area contributed by atoms with Gasteiger partial charge in [-0.05, 0) is 13.0 Å². The maximum absolute atomic E-state index is 8.81. The minimum Gasteiger partial charge on any atom is -0.469 e. The first-order valence-electron chi connectivity index (χ1n) is 4.47. The summed E-state index contributed by atoms with van der Waals surface area (Å²) in [5.74, 6) is 1.34. The molecule has 0 aliphatic carbocycles. The fraction of sp³-hybridized carbons (Fsp3) is 0.333. The average Bonchev–Trinajstić information content (AvgIpc) is 2.84. The van der Waals surface area contributed by atoms with Crippen molar-refractivity contribution in [1.29, 1.82) is 0 Å². The summed E-state index contributed by atoms with van der Waals surface area (Å²) >= 11 is 0. The van der Waals surface area contributed by atoms with E-state index in [-0.39, 0.29) is 12.5 Å². The highest BCUT2D eigenvalue weighted by molar-refractivity contribution is 5.56. The lowest BCUT2D eigenvalue weighted by molar-refractivity contribution is 0.237. The van der Waals surface area contributed by atoms with E-state index >= 15 is 0 Å². The largest absolute Gasteiger partial charge is 0.469 e. The number of aliphatic hydroxyl groups is 1. The van der Waals surface area contributed by atoms with E-state index in [1.54, 1.807) is 19.3 Å². The van der Waals surface area contributed by atoms with E-state index in [0.717, 1.165) is 5.56 Å². The Bertz CT molecular complexity index is 449. The van der Waals surface area contributed by atoms with Crippen LogP contribution in [0.15, 0.2) is 21.3 Å². The number of hydrogen-bond donors (Lipinski definition) is 2. The van der Waals surface area contributed by atoms with Crippen LogP contribution in [0.5, 0.6) is 0 Å². The van der Waals surface area contributed by atoms with Crippen molar-refractivity contribution >= 4 is 0 Å². The van der Waals surface area contributed by atoms with Gasteiger partial charge in [-0.2, -0.15) is 4.98 Å². The molecule has 1 atom stereocenters. The summed E-state index contributed by atoms with van der Waals surface area (Å²) in [5, 5.41) is 12.6. The minimum atomic E-state index is -0.640. The van der Waals surface area contributed by atoms with E-state index < -0.39 is 6.04 Å². The molecule has 0 saturated heterocycles. The fourth-order valence-electron chi connectivity index (χ4n) is 1.19. The number of aryl methyl sites for hydroxylation is 1. The molecule has 0 aromatic carbocycles. The van der Waals surface area contributed by atoms with Crippen molar-refractivity contribution in [3.05, 3.63) is 24.0 Å². The molecule has 0 amide bonds. The van der Waals surface area contributed by atoms with Crippen molar-refractivity contribution in [2.75, 3.05) is 6.61 Å². The molecule has 0 radical (unpaired) electrons. The summed E-state index contributed by atoms with van der Waals surface area (Å²) in [5.41, 5.74) is 6.29. The summed E-state index contributed by atoms with van der Waals surface area (Å²) in [4.78, 5) is 4.06. The van der Waals surface area contributed by atoms with Gasteiger partial charge in [0, 0.05) is 0 Å². The molecule has 0 unspecified atom stereocenters. The highest BCUT2D eigenvalue weighted by Crippen LogP contribution is 2.22. The van der Waals surface area contributed by atoms with E-state index in [9.17, 15) is 0 Å². The number of aliphatic hydroxyl groups excluding tert-OH is 1. The Morgan fingerprint density at radius 1 is 1.60 bits per heavy atom. The third-order valence-corrected chi connectivity index (χ3v) is 2.06. The summed E-state index contributed by atoms with van der Waals surface area (Å²) in [6, 6.07) is 1.10. The predicted molar refractivity (Wildman–Crippen MR) is 50.8 cm³/mol. The van der Waals surface area contributed by atoms with Crippen LogP contribution >= 0.6 is 0 Å². The highest BCUT2D eigenvalue weighted by atomic mass is 16.5. The Labute approximate surface area is 85.7 Å². The molecule has 80 valence electrons. The SMILES string of the molecule is Cc1occc1-c1noc([C@H](N)CO)n1. The highest BCUT2D eigenvalue weighted by Gasteiger charge is 2.16. The second-order valence-corrected chi connectivity index (χ2v) is 3.14.